The number of hydrogen-bond acceptors (Lipinski definition) is 8. The minimum atomic E-state index is -0.491. The smallest absolute Gasteiger partial charge is 0.278 e. The number of carbonyl (C=O) groups excluding carboxylic acids is 1. The minimum Gasteiger partial charge on any atom is -0.505 e. The topological polar surface area (TPSA) is 104 Å². The zero-order chi connectivity index (χ0) is 23.7. The summed E-state index contributed by atoms with van der Waals surface area (Å²) in [6.07, 6.45) is 6.22. The molecule has 9 nitrogen and oxygen atoms in total. The molecule has 1 saturated heterocycles. The predicted molar refractivity (Wildman–Crippen MR) is 130 cm³/mol. The number of rotatable bonds is 4. The van der Waals surface area contributed by atoms with Crippen LogP contribution in [0.4, 0.5) is 5.13 Å². The third-order valence-corrected chi connectivity index (χ3v) is 7.73. The van der Waals surface area contributed by atoms with E-state index in [1.54, 1.807) is 22.3 Å². The van der Waals surface area contributed by atoms with Crippen LogP contribution in [0, 0.1) is 6.92 Å². The Morgan fingerprint density at radius 3 is 2.56 bits per heavy atom. The molecule has 0 unspecified atom stereocenters. The first-order chi connectivity index (χ1) is 16.5. The molecule has 0 spiro atoms. The van der Waals surface area contributed by atoms with E-state index in [1.807, 2.05) is 25.1 Å². The maximum absolute atomic E-state index is 13.2. The predicted octanol–water partition coefficient (Wildman–Crippen LogP) is 3.11. The number of nitrogens with zero attached hydrogens (tertiary/aromatic N) is 6. The molecule has 3 aromatic rings. The second-order valence-corrected chi connectivity index (χ2v) is 9.99. The molecule has 0 bridgehead atoms. The summed E-state index contributed by atoms with van der Waals surface area (Å²) in [5.74, 6) is -0.262. The molecule has 2 fully saturated rings. The number of amides is 1. The van der Waals surface area contributed by atoms with Gasteiger partial charge in [-0.05, 0) is 37.5 Å². The molecule has 1 aliphatic heterocycles. The summed E-state index contributed by atoms with van der Waals surface area (Å²) in [6, 6.07) is 8.33. The van der Waals surface area contributed by atoms with Crippen LogP contribution in [0.5, 0.6) is 5.75 Å². The molecule has 5 rings (SSSR count). The highest BCUT2D eigenvalue weighted by Gasteiger charge is 2.28. The van der Waals surface area contributed by atoms with Crippen LogP contribution in [0.2, 0.25) is 0 Å². The number of aryl methyl sites for hydroxylation is 1. The molecule has 1 aliphatic carbocycles. The van der Waals surface area contributed by atoms with Crippen LogP contribution in [-0.4, -0.2) is 62.1 Å². The van der Waals surface area contributed by atoms with Gasteiger partial charge in [0.25, 0.3) is 11.5 Å². The maximum Gasteiger partial charge on any atom is 0.278 e. The van der Waals surface area contributed by atoms with E-state index in [0.717, 1.165) is 26.5 Å². The van der Waals surface area contributed by atoms with Gasteiger partial charge in [-0.3, -0.25) is 9.59 Å². The average molecular weight is 481 g/mol. The molecule has 1 saturated carbocycles. The van der Waals surface area contributed by atoms with Crippen LogP contribution in [0.15, 0.2) is 35.1 Å². The Morgan fingerprint density at radius 2 is 1.82 bits per heavy atom. The first kappa shape index (κ1) is 22.5. The summed E-state index contributed by atoms with van der Waals surface area (Å²) in [4.78, 5) is 29.4. The Morgan fingerprint density at radius 1 is 1.06 bits per heavy atom. The third kappa shape index (κ3) is 4.54. The monoisotopic (exact) mass is 480 g/mol. The fourth-order valence-corrected chi connectivity index (χ4v) is 5.73. The van der Waals surface area contributed by atoms with Gasteiger partial charge in [0.2, 0.25) is 5.13 Å². The van der Waals surface area contributed by atoms with Crippen molar-refractivity contribution in [1.29, 1.82) is 0 Å². The molecule has 1 N–H and O–H groups in total. The quantitative estimate of drug-likeness (QED) is 0.612. The Balaban J connectivity index is 1.28. The van der Waals surface area contributed by atoms with Gasteiger partial charge in [0.1, 0.15) is 5.01 Å². The minimum absolute atomic E-state index is 0.120. The molecule has 0 atom stereocenters. The van der Waals surface area contributed by atoms with Crippen LogP contribution < -0.4 is 10.5 Å². The van der Waals surface area contributed by atoms with Gasteiger partial charge >= 0.3 is 0 Å². The molecule has 1 aromatic carbocycles. The number of benzene rings is 1. The van der Waals surface area contributed by atoms with E-state index in [4.69, 9.17) is 0 Å². The Bertz CT molecular complexity index is 1240. The van der Waals surface area contributed by atoms with E-state index in [-0.39, 0.29) is 5.69 Å². The van der Waals surface area contributed by atoms with E-state index in [2.05, 4.69) is 20.2 Å². The lowest BCUT2D eigenvalue weighted by atomic mass is 9.90. The third-order valence-electron chi connectivity index (χ3n) is 6.58. The molecular formula is C24H28N6O3S. The van der Waals surface area contributed by atoms with Crippen LogP contribution in [-0.2, 0) is 0 Å². The van der Waals surface area contributed by atoms with Crippen LogP contribution in [0.3, 0.4) is 0 Å². The highest BCUT2D eigenvalue weighted by molar-refractivity contribution is 7.15. The second-order valence-electron chi connectivity index (χ2n) is 9.00. The van der Waals surface area contributed by atoms with Crippen molar-refractivity contribution in [3.8, 4) is 11.4 Å². The van der Waals surface area contributed by atoms with Crippen molar-refractivity contribution in [2.24, 2.45) is 0 Å². The lowest BCUT2D eigenvalue weighted by molar-refractivity contribution is 0.0735. The maximum atomic E-state index is 13.2. The molecule has 0 radical (unpaired) electrons. The molecule has 34 heavy (non-hydrogen) atoms. The van der Waals surface area contributed by atoms with Crippen molar-refractivity contribution in [2.75, 3.05) is 31.1 Å². The molecular weight excluding hydrogens is 452 g/mol. The van der Waals surface area contributed by atoms with Gasteiger partial charge in [-0.25, -0.2) is 0 Å². The largest absolute Gasteiger partial charge is 0.505 e. The highest BCUT2D eigenvalue weighted by atomic mass is 32.1. The first-order valence-electron chi connectivity index (χ1n) is 11.8. The van der Waals surface area contributed by atoms with Gasteiger partial charge in [-0.1, -0.05) is 42.7 Å². The summed E-state index contributed by atoms with van der Waals surface area (Å²) < 4.78 is 1.16. The summed E-state index contributed by atoms with van der Waals surface area (Å²) in [7, 11) is 0. The summed E-state index contributed by atoms with van der Waals surface area (Å²) in [6.45, 7) is 4.12. The van der Waals surface area contributed by atoms with E-state index in [1.165, 1.54) is 32.1 Å². The molecule has 2 aliphatic rings. The fourth-order valence-electron chi connectivity index (χ4n) is 4.66. The summed E-state index contributed by atoms with van der Waals surface area (Å²) in [5.41, 5.74) is 0.903. The molecule has 3 heterocycles. The van der Waals surface area contributed by atoms with Crippen LogP contribution in [0.1, 0.15) is 59.1 Å². The van der Waals surface area contributed by atoms with Crippen molar-refractivity contribution in [2.45, 2.75) is 44.9 Å². The van der Waals surface area contributed by atoms with E-state index in [0.29, 0.717) is 37.8 Å². The highest BCUT2D eigenvalue weighted by Crippen LogP contribution is 2.36. The van der Waals surface area contributed by atoms with Crippen molar-refractivity contribution in [1.82, 2.24) is 24.9 Å². The van der Waals surface area contributed by atoms with E-state index >= 15 is 0 Å². The number of piperazine rings is 1. The fraction of sp³-hybridized carbons (Fsp3) is 0.458. The SMILES string of the molecule is Cc1cccc(-n2nc(C(=O)N3CCN(c4nnc(C5CCCCC5)s4)CC3)c(O)cc2=O)c1. The number of aromatic hydroxyl groups is 1. The number of carbonyl (C=O) groups is 1. The number of hydrogen-bond donors (Lipinski definition) is 1. The number of aromatic nitrogens is 4. The lowest BCUT2D eigenvalue weighted by Gasteiger charge is -2.34. The van der Waals surface area contributed by atoms with Crippen molar-refractivity contribution >= 4 is 22.4 Å². The number of anilines is 1. The van der Waals surface area contributed by atoms with E-state index in [9.17, 15) is 14.7 Å². The van der Waals surface area contributed by atoms with Gasteiger partial charge in [-0.2, -0.15) is 9.78 Å². The molecule has 10 heteroatoms. The van der Waals surface area contributed by atoms with Crippen LogP contribution >= 0.6 is 11.3 Å². The standard InChI is InChI=1S/C24H28N6O3S/c1-16-6-5-9-18(14-16)30-20(32)15-19(31)21(27-30)23(33)28-10-12-29(13-11-28)24-26-25-22(34-24)17-7-3-2-4-8-17/h5-6,9,14-15,17,31H,2-4,7-8,10-13H2,1H3. The van der Waals surface area contributed by atoms with Gasteiger partial charge in [0, 0.05) is 38.2 Å². The van der Waals surface area contributed by atoms with Gasteiger partial charge in [-0.15, -0.1) is 10.2 Å². The summed E-state index contributed by atoms with van der Waals surface area (Å²) in [5, 5.41) is 25.4. The van der Waals surface area contributed by atoms with E-state index < -0.39 is 17.2 Å². The normalized spacial score (nSPS) is 17.2. The zero-order valence-electron chi connectivity index (χ0n) is 19.2. The molecule has 2 aromatic heterocycles. The van der Waals surface area contributed by atoms with Gasteiger partial charge in [0.05, 0.1) is 5.69 Å². The summed E-state index contributed by atoms with van der Waals surface area (Å²) >= 11 is 1.67. The lowest BCUT2D eigenvalue weighted by Crippen LogP contribution is -2.49. The van der Waals surface area contributed by atoms with Gasteiger partial charge in [0.15, 0.2) is 11.4 Å². The molecule has 178 valence electrons. The molecule has 1 amide bonds. The Hall–Kier alpha value is -3.27. The Kier molecular flexibility index (Phi) is 6.32. The second kappa shape index (κ2) is 9.54. The van der Waals surface area contributed by atoms with Gasteiger partial charge < -0.3 is 14.9 Å². The van der Waals surface area contributed by atoms with Crippen molar-refractivity contribution in [3.63, 3.8) is 0 Å². The van der Waals surface area contributed by atoms with Crippen molar-refractivity contribution in [3.05, 3.63) is 57.0 Å². The average Bonchev–Trinajstić information content (AvgIpc) is 3.35. The van der Waals surface area contributed by atoms with Crippen molar-refractivity contribution < 1.29 is 9.90 Å². The Labute approximate surface area is 201 Å². The first-order valence-corrected chi connectivity index (χ1v) is 12.6. The zero-order valence-corrected chi connectivity index (χ0v) is 20.0. The van der Waals surface area contributed by atoms with Crippen LogP contribution in [0.25, 0.3) is 5.69 Å².